The molecule has 2 heterocycles. The van der Waals surface area contributed by atoms with E-state index in [1.54, 1.807) is 24.0 Å². The third kappa shape index (κ3) is 6.35. The summed E-state index contributed by atoms with van der Waals surface area (Å²) in [4.78, 5) is 36.6. The van der Waals surface area contributed by atoms with Gasteiger partial charge < -0.3 is 29.1 Å². The van der Waals surface area contributed by atoms with Gasteiger partial charge in [0.25, 0.3) is 11.8 Å². The summed E-state index contributed by atoms with van der Waals surface area (Å²) < 4.78 is 10.8. The molecule has 2 aliphatic rings. The van der Waals surface area contributed by atoms with Crippen LogP contribution in [0.1, 0.15) is 25.0 Å². The highest BCUT2D eigenvalue weighted by molar-refractivity contribution is 6.30. The molecule has 0 saturated carbocycles. The third-order valence-electron chi connectivity index (χ3n) is 10.3. The molecule has 0 fully saturated rings. The van der Waals surface area contributed by atoms with E-state index >= 15 is 0 Å². The lowest BCUT2D eigenvalue weighted by Gasteiger charge is -2.27. The van der Waals surface area contributed by atoms with Crippen LogP contribution in [0, 0.1) is 0 Å². The number of likely N-dealkylation sites (N-methyl/N-ethyl adjacent to an activating group) is 2. The number of ether oxygens (including phenoxy) is 2. The number of carbonyl (C=O) groups excluding carboxylic acids is 2. The van der Waals surface area contributed by atoms with E-state index in [1.165, 1.54) is 0 Å². The quantitative estimate of drug-likeness (QED) is 0.125. The molecule has 56 heavy (non-hydrogen) atoms. The standard InChI is InChI=1S/C48H42N4O4/c1-5-49-45(33-17-21-37(22-18-33)51(35-13-9-7-10-14-35)39-25-29-41(55-3)30-26-39)43-44(47(49)53)46(50(6-2)48(43)54)34-19-23-38(24-20-34)52(36-15-11-8-12-16-36)40-27-31-42(56-4)32-28-40/h7-32H,5-6H2,1-4H3. The highest BCUT2D eigenvalue weighted by Crippen LogP contribution is 2.47. The molecule has 0 unspecified atom stereocenters. The monoisotopic (exact) mass is 738 g/mol. The highest BCUT2D eigenvalue weighted by Gasteiger charge is 2.48. The predicted molar refractivity (Wildman–Crippen MR) is 224 cm³/mol. The van der Waals surface area contributed by atoms with Gasteiger partial charge >= 0.3 is 0 Å². The zero-order valence-electron chi connectivity index (χ0n) is 31.8. The molecule has 8 heteroatoms. The number of hydrogen-bond acceptors (Lipinski definition) is 6. The van der Waals surface area contributed by atoms with Crippen LogP contribution < -0.4 is 19.3 Å². The summed E-state index contributed by atoms with van der Waals surface area (Å²) in [5.41, 5.74) is 9.59. The van der Waals surface area contributed by atoms with E-state index in [0.717, 1.165) is 56.8 Å². The van der Waals surface area contributed by atoms with Crippen LogP contribution in [0.25, 0.3) is 11.4 Å². The van der Waals surface area contributed by atoms with E-state index in [-0.39, 0.29) is 11.8 Å². The van der Waals surface area contributed by atoms with Crippen molar-refractivity contribution in [3.05, 3.63) is 180 Å². The van der Waals surface area contributed by atoms with Crippen LogP contribution in [0.5, 0.6) is 11.5 Å². The summed E-state index contributed by atoms with van der Waals surface area (Å²) in [6.45, 7) is 4.74. The molecular formula is C48H42N4O4. The fourth-order valence-electron chi connectivity index (χ4n) is 7.65. The molecule has 0 atom stereocenters. The Hall–Kier alpha value is -7.06. The highest BCUT2D eigenvalue weighted by atomic mass is 16.5. The Balaban J connectivity index is 1.19. The van der Waals surface area contributed by atoms with E-state index in [4.69, 9.17) is 9.47 Å². The van der Waals surface area contributed by atoms with E-state index in [0.29, 0.717) is 35.6 Å². The second kappa shape index (κ2) is 15.4. The Morgan fingerprint density at radius 1 is 0.411 bits per heavy atom. The first-order valence-corrected chi connectivity index (χ1v) is 18.8. The van der Waals surface area contributed by atoms with E-state index in [1.807, 2.05) is 147 Å². The Kier molecular flexibility index (Phi) is 9.86. The maximum Gasteiger partial charge on any atom is 0.261 e. The number of amides is 2. The van der Waals surface area contributed by atoms with Crippen molar-refractivity contribution in [2.45, 2.75) is 13.8 Å². The third-order valence-corrected chi connectivity index (χ3v) is 10.3. The number of nitrogens with zero attached hydrogens (tertiary/aromatic N) is 4. The molecule has 0 bridgehead atoms. The van der Waals surface area contributed by atoms with Gasteiger partial charge in [0.2, 0.25) is 0 Å². The van der Waals surface area contributed by atoms with Gasteiger partial charge in [0, 0.05) is 47.2 Å². The number of benzene rings is 6. The van der Waals surface area contributed by atoms with Gasteiger partial charge in [-0.15, -0.1) is 0 Å². The molecule has 0 spiro atoms. The van der Waals surface area contributed by atoms with Crippen molar-refractivity contribution < 1.29 is 19.1 Å². The second-order valence-electron chi connectivity index (χ2n) is 13.4. The van der Waals surface area contributed by atoms with Crippen LogP contribution in [-0.4, -0.2) is 48.9 Å². The molecule has 2 amide bonds. The number of carbonyl (C=O) groups is 2. The van der Waals surface area contributed by atoms with Gasteiger partial charge in [-0.05, 0) is 122 Å². The molecule has 0 aliphatic carbocycles. The average Bonchev–Trinajstić information content (AvgIpc) is 3.72. The second-order valence-corrected chi connectivity index (χ2v) is 13.4. The number of anilines is 6. The van der Waals surface area contributed by atoms with Crippen LogP contribution >= 0.6 is 0 Å². The molecule has 2 aliphatic heterocycles. The lowest BCUT2D eigenvalue weighted by Crippen LogP contribution is -2.29. The van der Waals surface area contributed by atoms with Crippen LogP contribution in [-0.2, 0) is 9.59 Å². The fourth-order valence-corrected chi connectivity index (χ4v) is 7.65. The molecule has 0 N–H and O–H groups in total. The largest absolute Gasteiger partial charge is 0.497 e. The van der Waals surface area contributed by atoms with Gasteiger partial charge in [0.05, 0.1) is 36.8 Å². The van der Waals surface area contributed by atoms with Gasteiger partial charge in [-0.25, -0.2) is 0 Å². The molecule has 6 aromatic rings. The first-order valence-electron chi connectivity index (χ1n) is 18.8. The van der Waals surface area contributed by atoms with Gasteiger partial charge in [0.1, 0.15) is 11.5 Å². The van der Waals surface area contributed by atoms with E-state index in [9.17, 15) is 9.59 Å². The van der Waals surface area contributed by atoms with Crippen LogP contribution in [0.15, 0.2) is 169 Å². The fraction of sp³-hybridized carbons (Fsp3) is 0.125. The van der Waals surface area contributed by atoms with Crippen molar-refractivity contribution in [2.75, 3.05) is 37.1 Å². The minimum Gasteiger partial charge on any atom is -0.497 e. The molecule has 8 nitrogen and oxygen atoms in total. The average molecular weight is 739 g/mol. The first kappa shape index (κ1) is 35.9. The molecule has 278 valence electrons. The predicted octanol–water partition coefficient (Wildman–Crippen LogP) is 10.5. The molecule has 0 aromatic heterocycles. The van der Waals surface area contributed by atoms with Crippen molar-refractivity contribution in [3.63, 3.8) is 0 Å². The first-order chi connectivity index (χ1) is 27.4. The summed E-state index contributed by atoms with van der Waals surface area (Å²) >= 11 is 0. The molecule has 8 rings (SSSR count). The summed E-state index contributed by atoms with van der Waals surface area (Å²) in [5.74, 6) is 1.22. The summed E-state index contributed by atoms with van der Waals surface area (Å²) in [6.07, 6.45) is 0. The van der Waals surface area contributed by atoms with Gasteiger partial charge in [-0.3, -0.25) is 9.59 Å². The molecule has 0 saturated heterocycles. The lowest BCUT2D eigenvalue weighted by atomic mass is 10.0. The summed E-state index contributed by atoms with van der Waals surface area (Å²) in [5, 5.41) is 0. The molecule has 0 radical (unpaired) electrons. The maximum absolute atomic E-state index is 14.4. The SMILES string of the molecule is CCN1C(=O)C2=C(c3ccc(N(c4ccccc4)c4ccc(OC)cc4)cc3)N(CC)C(=O)C2=C1c1ccc(N(c2ccccc2)c2ccc(OC)cc2)cc1. The van der Waals surface area contributed by atoms with Crippen LogP contribution in [0.4, 0.5) is 34.1 Å². The topological polar surface area (TPSA) is 65.6 Å². The van der Waals surface area contributed by atoms with Crippen molar-refractivity contribution >= 4 is 57.3 Å². The minimum atomic E-state index is -0.168. The Morgan fingerprint density at radius 3 is 0.982 bits per heavy atom. The van der Waals surface area contributed by atoms with Crippen molar-refractivity contribution in [1.29, 1.82) is 0 Å². The zero-order chi connectivity index (χ0) is 38.8. The van der Waals surface area contributed by atoms with Gasteiger partial charge in [0.15, 0.2) is 0 Å². The molecule has 6 aromatic carbocycles. The molecular weight excluding hydrogens is 697 g/mol. The number of para-hydroxylation sites is 2. The van der Waals surface area contributed by atoms with Gasteiger partial charge in [-0.2, -0.15) is 0 Å². The smallest absolute Gasteiger partial charge is 0.261 e. The number of hydrogen-bond donors (Lipinski definition) is 0. The lowest BCUT2D eigenvalue weighted by molar-refractivity contribution is -0.124. The van der Waals surface area contributed by atoms with Crippen LogP contribution in [0.2, 0.25) is 0 Å². The number of methoxy groups -OCH3 is 2. The summed E-state index contributed by atoms with van der Waals surface area (Å²) in [6, 6.07) is 52.4. The van der Waals surface area contributed by atoms with E-state index in [2.05, 4.69) is 34.1 Å². The van der Waals surface area contributed by atoms with Crippen molar-refractivity contribution in [3.8, 4) is 11.5 Å². The summed E-state index contributed by atoms with van der Waals surface area (Å²) in [7, 11) is 3.31. The maximum atomic E-state index is 14.4. The minimum absolute atomic E-state index is 0.168. The van der Waals surface area contributed by atoms with Gasteiger partial charge in [-0.1, -0.05) is 60.7 Å². The van der Waals surface area contributed by atoms with Crippen molar-refractivity contribution in [2.24, 2.45) is 0 Å². The zero-order valence-corrected chi connectivity index (χ0v) is 31.8. The number of rotatable bonds is 12. The number of fused-ring (bicyclic) bond motifs is 1. The Labute approximate surface area is 327 Å². The normalized spacial score (nSPS) is 13.7. The van der Waals surface area contributed by atoms with Crippen molar-refractivity contribution in [1.82, 2.24) is 9.80 Å². The van der Waals surface area contributed by atoms with Crippen LogP contribution in [0.3, 0.4) is 0 Å². The Bertz CT molecular complexity index is 2250. The van der Waals surface area contributed by atoms with E-state index < -0.39 is 0 Å². The Morgan fingerprint density at radius 2 is 0.696 bits per heavy atom.